The van der Waals surface area contributed by atoms with E-state index in [0.29, 0.717) is 23.9 Å². The molecule has 0 aromatic carbocycles. The van der Waals surface area contributed by atoms with Crippen LogP contribution in [0.3, 0.4) is 0 Å². The number of allylic oxidation sites excluding steroid dienone is 7. The van der Waals surface area contributed by atoms with Crippen LogP contribution in [0.2, 0.25) is 0 Å². The van der Waals surface area contributed by atoms with Gasteiger partial charge in [0.1, 0.15) is 19.3 Å². The van der Waals surface area contributed by atoms with E-state index < -0.39 is 26.6 Å². The fourth-order valence-corrected chi connectivity index (χ4v) is 9.25. The van der Waals surface area contributed by atoms with Crippen molar-refractivity contribution in [1.29, 1.82) is 0 Å². The zero-order valence-electron chi connectivity index (χ0n) is 46.7. The molecule has 0 bridgehead atoms. The van der Waals surface area contributed by atoms with Gasteiger partial charge in [0.25, 0.3) is 7.82 Å². The van der Waals surface area contributed by atoms with Gasteiger partial charge in [-0.25, -0.2) is 0 Å². The fraction of sp³-hybridized carbons (Fsp3) is 0.833. The molecule has 1 N–H and O–H groups in total. The van der Waals surface area contributed by atoms with Crippen molar-refractivity contribution in [2.45, 2.75) is 283 Å². The van der Waals surface area contributed by atoms with Gasteiger partial charge in [0.2, 0.25) is 5.91 Å². The number of rotatable bonds is 53. The first-order valence-electron chi connectivity index (χ1n) is 29.5. The lowest BCUT2D eigenvalue weighted by atomic mass is 10.0. The Morgan fingerprint density at radius 2 is 0.914 bits per heavy atom. The van der Waals surface area contributed by atoms with Crippen LogP contribution in [0.15, 0.2) is 48.6 Å². The van der Waals surface area contributed by atoms with Crippen molar-refractivity contribution >= 4 is 19.7 Å². The van der Waals surface area contributed by atoms with Crippen LogP contribution < -0.4 is 10.2 Å². The van der Waals surface area contributed by atoms with Crippen molar-refractivity contribution in [2.24, 2.45) is 0 Å². The Morgan fingerprint density at radius 1 is 0.514 bits per heavy atom. The maximum Gasteiger partial charge on any atom is 0.306 e. The van der Waals surface area contributed by atoms with E-state index in [9.17, 15) is 19.0 Å². The molecule has 70 heavy (non-hydrogen) atoms. The highest BCUT2D eigenvalue weighted by Crippen LogP contribution is 2.38. The number of ether oxygens (including phenoxy) is 1. The number of nitrogens with zero attached hydrogens (tertiary/aromatic N) is 1. The molecule has 10 heteroatoms. The molecule has 0 aromatic rings. The van der Waals surface area contributed by atoms with Crippen molar-refractivity contribution in [3.05, 3.63) is 48.6 Å². The molecule has 0 aromatic heterocycles. The first kappa shape index (κ1) is 68.0. The molecule has 0 spiro atoms. The predicted molar refractivity (Wildman–Crippen MR) is 298 cm³/mol. The van der Waals surface area contributed by atoms with Gasteiger partial charge in [-0.1, -0.05) is 256 Å². The van der Waals surface area contributed by atoms with Crippen LogP contribution in [0.1, 0.15) is 271 Å². The Morgan fingerprint density at radius 3 is 1.36 bits per heavy atom. The lowest BCUT2D eigenvalue weighted by Crippen LogP contribution is -2.47. The van der Waals surface area contributed by atoms with Gasteiger partial charge in [-0.3, -0.25) is 14.2 Å². The highest BCUT2D eigenvalue weighted by molar-refractivity contribution is 7.45. The van der Waals surface area contributed by atoms with Gasteiger partial charge in [-0.2, -0.15) is 0 Å². The first-order chi connectivity index (χ1) is 33.9. The third kappa shape index (κ3) is 50.9. The van der Waals surface area contributed by atoms with Crippen LogP contribution in [-0.4, -0.2) is 69.4 Å². The average molecular weight is 1010 g/mol. The molecule has 0 aliphatic heterocycles. The van der Waals surface area contributed by atoms with Crippen molar-refractivity contribution in [3.8, 4) is 0 Å². The van der Waals surface area contributed by atoms with Crippen molar-refractivity contribution < 1.29 is 37.3 Å². The topological polar surface area (TPSA) is 114 Å². The zero-order chi connectivity index (χ0) is 51.5. The lowest BCUT2D eigenvalue weighted by molar-refractivity contribution is -0.870. The standard InChI is InChI=1S/C60H113N2O7P/c1-7-10-13-16-19-22-25-28-29-30-31-32-33-35-38-41-44-47-50-53-60(64)69-58(51-48-45-42-39-36-27-24-21-18-15-12-9-3)57(56-68-70(65,66)67-55-54-62(4,5)6)61-59(63)52-49-46-43-40-37-34-26-23-20-17-14-11-8-2/h11,14,17,20,23,26,48,51,57-58H,7-10,12-13,15-16,18-19,21-22,24-25,27-47,49-50,52-56H2,1-6H3,(H-,61,63,65,66)/b14-11+,20-17+,26-23-,51-48-. The van der Waals surface area contributed by atoms with Crippen LogP contribution >= 0.6 is 7.82 Å². The molecule has 0 rings (SSSR count). The Bertz CT molecular complexity index is 1340. The number of hydrogen-bond donors (Lipinski definition) is 1. The van der Waals surface area contributed by atoms with Crippen LogP contribution in [-0.2, 0) is 27.9 Å². The molecule has 3 unspecified atom stereocenters. The molecule has 0 radical (unpaired) electrons. The summed E-state index contributed by atoms with van der Waals surface area (Å²) in [7, 11) is 1.17. The van der Waals surface area contributed by atoms with Crippen LogP contribution in [0.5, 0.6) is 0 Å². The van der Waals surface area contributed by atoms with Crippen molar-refractivity contribution in [1.82, 2.24) is 5.32 Å². The van der Waals surface area contributed by atoms with E-state index in [1.807, 2.05) is 39.4 Å². The quantitative estimate of drug-likeness (QED) is 0.0161. The Hall–Kier alpha value is -2.03. The van der Waals surface area contributed by atoms with Gasteiger partial charge < -0.3 is 28.5 Å². The van der Waals surface area contributed by atoms with E-state index in [-0.39, 0.29) is 24.9 Å². The number of phosphoric acid groups is 1. The Kier molecular flexibility index (Phi) is 49.0. The minimum absolute atomic E-state index is 0.0259. The third-order valence-corrected chi connectivity index (χ3v) is 14.0. The summed E-state index contributed by atoms with van der Waals surface area (Å²) in [5.74, 6) is -0.557. The van der Waals surface area contributed by atoms with Crippen LogP contribution in [0.4, 0.5) is 0 Å². The lowest BCUT2D eigenvalue weighted by Gasteiger charge is -2.30. The number of esters is 1. The van der Waals surface area contributed by atoms with Gasteiger partial charge in [0.05, 0.1) is 33.8 Å². The number of amides is 1. The third-order valence-electron chi connectivity index (χ3n) is 13.1. The molecule has 9 nitrogen and oxygen atoms in total. The molecular weight excluding hydrogens is 892 g/mol. The van der Waals surface area contributed by atoms with E-state index >= 15 is 0 Å². The zero-order valence-corrected chi connectivity index (χ0v) is 47.6. The van der Waals surface area contributed by atoms with Gasteiger partial charge >= 0.3 is 5.97 Å². The van der Waals surface area contributed by atoms with Crippen molar-refractivity contribution in [3.63, 3.8) is 0 Å². The molecule has 0 saturated carbocycles. The molecule has 410 valence electrons. The highest BCUT2D eigenvalue weighted by atomic mass is 31.2. The molecule has 1 amide bonds. The smallest absolute Gasteiger partial charge is 0.306 e. The predicted octanol–water partition coefficient (Wildman–Crippen LogP) is 17.1. The number of unbranched alkanes of at least 4 members (excludes halogenated alkanes) is 33. The Balaban J connectivity index is 5.27. The summed E-state index contributed by atoms with van der Waals surface area (Å²) in [5.41, 5.74) is 0. The van der Waals surface area contributed by atoms with Gasteiger partial charge in [0.15, 0.2) is 0 Å². The SMILES string of the molecule is CC/C=C/C=C/C=C\CCCCCCCC(=O)NC(COP(=O)([O-])OCC[N+](C)(C)C)C(/C=C\CCCCCCCCCCCC)OC(=O)CCCCCCCCCCCCCCCCCCCCC. The number of carbonyl (C=O) groups excluding carboxylic acids is 2. The van der Waals surface area contributed by atoms with E-state index in [1.165, 1.54) is 154 Å². The summed E-state index contributed by atoms with van der Waals surface area (Å²) in [6.45, 7) is 6.71. The van der Waals surface area contributed by atoms with Gasteiger partial charge in [0, 0.05) is 12.8 Å². The molecule has 0 fully saturated rings. The fourth-order valence-electron chi connectivity index (χ4n) is 8.52. The van der Waals surface area contributed by atoms with Gasteiger partial charge in [-0.15, -0.1) is 0 Å². The number of hydrogen-bond acceptors (Lipinski definition) is 7. The molecular formula is C60H113N2O7P. The average Bonchev–Trinajstić information content (AvgIpc) is 3.32. The molecule has 0 aliphatic rings. The van der Waals surface area contributed by atoms with E-state index in [4.69, 9.17) is 13.8 Å². The van der Waals surface area contributed by atoms with Crippen LogP contribution in [0.25, 0.3) is 0 Å². The summed E-state index contributed by atoms with van der Waals surface area (Å²) < 4.78 is 30.2. The Labute approximate surface area is 433 Å². The minimum atomic E-state index is -4.70. The number of carbonyl (C=O) groups is 2. The molecule has 0 heterocycles. The summed E-state index contributed by atoms with van der Waals surface area (Å²) in [6, 6.07) is -0.895. The summed E-state index contributed by atoms with van der Waals surface area (Å²) >= 11 is 0. The largest absolute Gasteiger partial charge is 0.756 e. The second-order valence-electron chi connectivity index (χ2n) is 21.2. The summed E-state index contributed by atoms with van der Waals surface area (Å²) in [6.07, 6.45) is 60.8. The summed E-state index contributed by atoms with van der Waals surface area (Å²) in [5, 5.41) is 3.01. The highest BCUT2D eigenvalue weighted by Gasteiger charge is 2.27. The number of likely N-dealkylation sites (N-methyl/N-ethyl adjacent to an activating group) is 1. The molecule has 0 saturated heterocycles. The van der Waals surface area contributed by atoms with E-state index in [1.54, 1.807) is 0 Å². The summed E-state index contributed by atoms with van der Waals surface area (Å²) in [4.78, 5) is 39.8. The van der Waals surface area contributed by atoms with Crippen LogP contribution in [0, 0.1) is 0 Å². The monoisotopic (exact) mass is 1000 g/mol. The van der Waals surface area contributed by atoms with Crippen molar-refractivity contribution in [2.75, 3.05) is 40.9 Å². The number of quaternary nitrogens is 1. The normalized spacial score (nSPS) is 14.1. The number of nitrogens with one attached hydrogen (secondary N) is 1. The minimum Gasteiger partial charge on any atom is -0.756 e. The molecule has 0 aliphatic carbocycles. The van der Waals surface area contributed by atoms with E-state index in [2.05, 4.69) is 56.5 Å². The molecule has 3 atom stereocenters. The van der Waals surface area contributed by atoms with Gasteiger partial charge in [-0.05, 0) is 51.0 Å². The maximum absolute atomic E-state index is 13.5. The first-order valence-corrected chi connectivity index (χ1v) is 30.9. The number of phosphoric ester groups is 1. The maximum atomic E-state index is 13.5. The second-order valence-corrected chi connectivity index (χ2v) is 22.6. The van der Waals surface area contributed by atoms with E-state index in [0.717, 1.165) is 77.0 Å². The second kappa shape index (κ2) is 50.5.